The molecule has 3 N–H and O–H groups in total. The van der Waals surface area contributed by atoms with Crippen LogP contribution in [0.5, 0.6) is 0 Å². The van der Waals surface area contributed by atoms with Crippen molar-refractivity contribution in [3.05, 3.63) is 35.9 Å². The zero-order valence-electron chi connectivity index (χ0n) is 14.3. The lowest BCUT2D eigenvalue weighted by Crippen LogP contribution is -2.48. The van der Waals surface area contributed by atoms with Crippen LogP contribution in [0.3, 0.4) is 0 Å². The number of urea groups is 2. The summed E-state index contributed by atoms with van der Waals surface area (Å²) in [7, 11) is -3.82. The molecule has 0 bridgehead atoms. The minimum atomic E-state index is -3.82. The molecule has 1 fully saturated rings. The third-order valence-electron chi connectivity index (χ3n) is 3.69. The number of nitrogens with one attached hydrogen (secondary N) is 2. The van der Waals surface area contributed by atoms with Gasteiger partial charge in [-0.1, -0.05) is 30.3 Å². The standard InChI is InChI=1S/C15H18N4O7S/c1-27(25,26)19-8-7-18(15(19)24)14(23)17-12(10-5-3-2-4-6-10)13(22)16-9-11(20)21/h2-6,12H,7-9H2,1H3,(H,16,22)(H,17,23)(H,20,21). The fraction of sp³-hybridized carbons (Fsp3) is 0.333. The maximum Gasteiger partial charge on any atom is 0.341 e. The minimum Gasteiger partial charge on any atom is -0.480 e. The van der Waals surface area contributed by atoms with Crippen LogP contribution in [-0.2, 0) is 19.6 Å². The molecule has 1 aliphatic heterocycles. The molecule has 1 saturated heterocycles. The molecule has 0 aromatic heterocycles. The number of aliphatic carboxylic acids is 1. The van der Waals surface area contributed by atoms with E-state index in [1.165, 1.54) is 0 Å². The molecule has 1 unspecified atom stereocenters. The summed E-state index contributed by atoms with van der Waals surface area (Å²) in [6, 6.07) is 4.75. The van der Waals surface area contributed by atoms with Gasteiger partial charge in [0.25, 0.3) is 0 Å². The zero-order valence-corrected chi connectivity index (χ0v) is 15.1. The van der Waals surface area contributed by atoms with Gasteiger partial charge in [0.05, 0.1) is 19.3 Å². The summed E-state index contributed by atoms with van der Waals surface area (Å²) in [5.74, 6) is -2.05. The Bertz CT molecular complexity index is 856. The lowest BCUT2D eigenvalue weighted by atomic mass is 10.1. The van der Waals surface area contributed by atoms with Crippen molar-refractivity contribution in [3.63, 3.8) is 0 Å². The summed E-state index contributed by atoms with van der Waals surface area (Å²) in [5.41, 5.74) is 0.361. The number of sulfonamides is 1. The van der Waals surface area contributed by atoms with Gasteiger partial charge in [0, 0.05) is 0 Å². The van der Waals surface area contributed by atoms with Gasteiger partial charge in [-0.25, -0.2) is 27.2 Å². The quantitative estimate of drug-likeness (QED) is 0.574. The smallest absolute Gasteiger partial charge is 0.341 e. The number of carboxylic acids is 1. The summed E-state index contributed by atoms with van der Waals surface area (Å²) >= 11 is 0. The Morgan fingerprint density at radius 1 is 1.19 bits per heavy atom. The Labute approximate surface area is 155 Å². The van der Waals surface area contributed by atoms with Crippen molar-refractivity contribution in [2.45, 2.75) is 6.04 Å². The van der Waals surface area contributed by atoms with E-state index in [0.717, 1.165) is 6.26 Å². The van der Waals surface area contributed by atoms with Gasteiger partial charge in [0.2, 0.25) is 15.9 Å². The van der Waals surface area contributed by atoms with Crippen molar-refractivity contribution in [1.29, 1.82) is 0 Å². The summed E-state index contributed by atoms with van der Waals surface area (Å²) in [6.07, 6.45) is 0.846. The monoisotopic (exact) mass is 398 g/mol. The van der Waals surface area contributed by atoms with E-state index in [2.05, 4.69) is 10.6 Å². The lowest BCUT2D eigenvalue weighted by Gasteiger charge is -2.22. The normalized spacial score (nSPS) is 15.4. The first-order valence-electron chi connectivity index (χ1n) is 7.75. The molecular formula is C15H18N4O7S. The second kappa shape index (κ2) is 8.03. The third-order valence-corrected chi connectivity index (χ3v) is 4.83. The highest BCUT2D eigenvalue weighted by atomic mass is 32.2. The minimum absolute atomic E-state index is 0.171. The molecule has 12 heteroatoms. The number of hydrogen-bond acceptors (Lipinski definition) is 6. The van der Waals surface area contributed by atoms with Crippen LogP contribution in [0.4, 0.5) is 9.59 Å². The van der Waals surface area contributed by atoms with E-state index in [-0.39, 0.29) is 13.1 Å². The molecule has 11 nitrogen and oxygen atoms in total. The summed E-state index contributed by atoms with van der Waals surface area (Å²) in [5, 5.41) is 13.2. The summed E-state index contributed by atoms with van der Waals surface area (Å²) < 4.78 is 23.6. The van der Waals surface area contributed by atoms with E-state index in [9.17, 15) is 27.6 Å². The fourth-order valence-electron chi connectivity index (χ4n) is 2.42. The molecule has 146 valence electrons. The van der Waals surface area contributed by atoms with Crippen molar-refractivity contribution in [2.24, 2.45) is 0 Å². The van der Waals surface area contributed by atoms with Gasteiger partial charge in [-0.2, -0.15) is 0 Å². The van der Waals surface area contributed by atoms with Crippen molar-refractivity contribution >= 4 is 34.0 Å². The second-order valence-corrected chi connectivity index (χ2v) is 7.58. The lowest BCUT2D eigenvalue weighted by molar-refractivity contribution is -0.138. The highest BCUT2D eigenvalue weighted by Crippen LogP contribution is 2.16. The van der Waals surface area contributed by atoms with E-state index in [1.807, 2.05) is 0 Å². The Hall–Kier alpha value is -3.15. The average molecular weight is 398 g/mol. The Kier molecular flexibility index (Phi) is 6.00. The molecule has 5 amide bonds. The first-order valence-corrected chi connectivity index (χ1v) is 9.60. The molecule has 0 radical (unpaired) electrons. The van der Waals surface area contributed by atoms with Gasteiger partial charge >= 0.3 is 18.0 Å². The number of hydrogen-bond donors (Lipinski definition) is 3. The van der Waals surface area contributed by atoms with E-state index in [4.69, 9.17) is 5.11 Å². The highest BCUT2D eigenvalue weighted by molar-refractivity contribution is 7.88. The van der Waals surface area contributed by atoms with Crippen LogP contribution in [0.15, 0.2) is 30.3 Å². The van der Waals surface area contributed by atoms with E-state index < -0.39 is 46.5 Å². The molecule has 0 spiro atoms. The maximum atomic E-state index is 12.4. The maximum absolute atomic E-state index is 12.4. The molecule has 27 heavy (non-hydrogen) atoms. The fourth-order valence-corrected chi connectivity index (χ4v) is 3.22. The van der Waals surface area contributed by atoms with Gasteiger partial charge < -0.3 is 15.7 Å². The van der Waals surface area contributed by atoms with Crippen LogP contribution >= 0.6 is 0 Å². The average Bonchev–Trinajstić information content (AvgIpc) is 3.00. The van der Waals surface area contributed by atoms with Crippen molar-refractivity contribution < 1.29 is 32.7 Å². The molecule has 1 atom stereocenters. The second-order valence-electron chi connectivity index (χ2n) is 5.67. The number of amides is 5. The van der Waals surface area contributed by atoms with E-state index >= 15 is 0 Å². The van der Waals surface area contributed by atoms with E-state index in [0.29, 0.717) is 14.8 Å². The zero-order chi connectivity index (χ0) is 20.2. The number of benzene rings is 1. The van der Waals surface area contributed by atoms with Crippen LogP contribution in [-0.4, -0.2) is 72.6 Å². The van der Waals surface area contributed by atoms with E-state index in [1.54, 1.807) is 30.3 Å². The number of carbonyl (C=O) groups is 4. The molecule has 0 saturated carbocycles. The van der Waals surface area contributed by atoms with Gasteiger partial charge in [-0.15, -0.1) is 0 Å². The van der Waals surface area contributed by atoms with Crippen molar-refractivity contribution in [1.82, 2.24) is 19.8 Å². The number of carbonyl (C=O) groups excluding carboxylic acids is 3. The Balaban J connectivity index is 2.18. The van der Waals surface area contributed by atoms with Crippen LogP contribution in [0.2, 0.25) is 0 Å². The Morgan fingerprint density at radius 2 is 1.81 bits per heavy atom. The number of imide groups is 1. The first kappa shape index (κ1) is 20.2. The predicted molar refractivity (Wildman–Crippen MR) is 92.0 cm³/mol. The van der Waals surface area contributed by atoms with Gasteiger partial charge in [-0.05, 0) is 5.56 Å². The van der Waals surface area contributed by atoms with Gasteiger partial charge in [0.1, 0.15) is 12.6 Å². The largest absolute Gasteiger partial charge is 0.480 e. The molecule has 2 rings (SSSR count). The van der Waals surface area contributed by atoms with Crippen LogP contribution < -0.4 is 10.6 Å². The molecule has 0 aliphatic carbocycles. The predicted octanol–water partition coefficient (Wildman–Crippen LogP) is -0.665. The SMILES string of the molecule is CS(=O)(=O)N1CCN(C(=O)NC(C(=O)NCC(=O)O)c2ccccc2)C1=O. The highest BCUT2D eigenvalue weighted by Gasteiger charge is 2.39. The molecule has 1 aliphatic rings. The van der Waals surface area contributed by atoms with Crippen LogP contribution in [0, 0.1) is 0 Å². The Morgan fingerprint density at radius 3 is 2.33 bits per heavy atom. The number of carboxylic acid groups (broad SMARTS) is 1. The summed E-state index contributed by atoms with van der Waals surface area (Å²) in [6.45, 7) is -1.01. The van der Waals surface area contributed by atoms with Gasteiger partial charge in [0.15, 0.2) is 0 Å². The van der Waals surface area contributed by atoms with Crippen LogP contribution in [0.1, 0.15) is 11.6 Å². The molecular weight excluding hydrogens is 380 g/mol. The third kappa shape index (κ3) is 4.94. The van der Waals surface area contributed by atoms with Crippen LogP contribution in [0.25, 0.3) is 0 Å². The summed E-state index contributed by atoms with van der Waals surface area (Å²) in [4.78, 5) is 48.2. The first-order chi connectivity index (χ1) is 12.6. The van der Waals surface area contributed by atoms with Crippen molar-refractivity contribution in [2.75, 3.05) is 25.9 Å². The van der Waals surface area contributed by atoms with Gasteiger partial charge in [-0.3, -0.25) is 9.59 Å². The molecule has 1 aromatic carbocycles. The topological polar surface area (TPSA) is 153 Å². The number of rotatable bonds is 6. The van der Waals surface area contributed by atoms with Crippen molar-refractivity contribution in [3.8, 4) is 0 Å². The number of nitrogens with zero attached hydrogens (tertiary/aromatic N) is 2. The molecule has 1 heterocycles. The molecule has 1 aromatic rings.